The summed E-state index contributed by atoms with van der Waals surface area (Å²) in [7, 11) is 0. The quantitative estimate of drug-likeness (QED) is 0.727. The van der Waals surface area contributed by atoms with Gasteiger partial charge in [0.05, 0.1) is 12.0 Å². The molecule has 150 valence electrons. The summed E-state index contributed by atoms with van der Waals surface area (Å²) >= 11 is 0. The fourth-order valence-electron chi connectivity index (χ4n) is 4.00. The van der Waals surface area contributed by atoms with Crippen molar-refractivity contribution < 1.29 is 23.1 Å². The summed E-state index contributed by atoms with van der Waals surface area (Å²) in [5.74, 6) is -0.551. The summed E-state index contributed by atoms with van der Waals surface area (Å²) < 4.78 is 40.9. The zero-order valence-electron chi connectivity index (χ0n) is 15.2. The summed E-state index contributed by atoms with van der Waals surface area (Å²) in [4.78, 5) is 18.2. The molecule has 1 fully saturated rings. The fourth-order valence-corrected chi connectivity index (χ4v) is 4.00. The Morgan fingerprint density at radius 3 is 2.64 bits per heavy atom. The number of nitrogens with one attached hydrogen (secondary N) is 2. The lowest BCUT2D eigenvalue weighted by Crippen LogP contribution is -2.49. The highest BCUT2D eigenvalue weighted by atomic mass is 19.4. The second-order valence-corrected chi connectivity index (χ2v) is 7.34. The molecule has 2 aromatic heterocycles. The predicted molar refractivity (Wildman–Crippen MR) is 94.9 cm³/mol. The molecule has 7 nitrogen and oxygen atoms in total. The van der Waals surface area contributed by atoms with Crippen molar-refractivity contribution in [3.8, 4) is 0 Å². The van der Waals surface area contributed by atoms with Crippen molar-refractivity contribution >= 4 is 17.5 Å². The van der Waals surface area contributed by atoms with Crippen molar-refractivity contribution in [3.63, 3.8) is 0 Å². The molecule has 1 amide bonds. The van der Waals surface area contributed by atoms with Gasteiger partial charge in [-0.25, -0.2) is 4.98 Å². The first-order valence-electron chi connectivity index (χ1n) is 9.05. The number of hydrogen-bond acceptors (Lipinski definition) is 5. The van der Waals surface area contributed by atoms with Gasteiger partial charge in [0.1, 0.15) is 5.82 Å². The normalized spacial score (nSPS) is 23.5. The lowest BCUT2D eigenvalue weighted by molar-refractivity contribution is -0.267. The zero-order valence-corrected chi connectivity index (χ0v) is 15.2. The molecule has 1 saturated heterocycles. The third-order valence-electron chi connectivity index (χ3n) is 5.45. The first-order chi connectivity index (χ1) is 13.2. The average molecular weight is 395 g/mol. The van der Waals surface area contributed by atoms with E-state index in [-0.39, 0.29) is 23.0 Å². The van der Waals surface area contributed by atoms with Crippen molar-refractivity contribution in [2.24, 2.45) is 0 Å². The smallest absolute Gasteiger partial charge is 0.376 e. The summed E-state index contributed by atoms with van der Waals surface area (Å²) in [5.41, 5.74) is -2.45. The number of carbonyl (C=O) groups is 1. The maximum absolute atomic E-state index is 13.6. The first-order valence-corrected chi connectivity index (χ1v) is 9.05. The van der Waals surface area contributed by atoms with Gasteiger partial charge in [0, 0.05) is 30.4 Å². The Labute approximate surface area is 159 Å². The van der Waals surface area contributed by atoms with Gasteiger partial charge >= 0.3 is 6.18 Å². The Hall–Kier alpha value is -2.62. The van der Waals surface area contributed by atoms with Crippen molar-refractivity contribution in [2.45, 2.75) is 43.9 Å². The maximum atomic E-state index is 13.6. The summed E-state index contributed by atoms with van der Waals surface area (Å²) in [6, 6.07) is 5.73. The molecular weight excluding hydrogens is 375 g/mol. The molecule has 2 aliphatic heterocycles. The minimum atomic E-state index is -4.98. The van der Waals surface area contributed by atoms with Crippen LogP contribution in [0, 0.1) is 6.92 Å². The number of alkyl halides is 3. The van der Waals surface area contributed by atoms with E-state index in [9.17, 15) is 23.1 Å². The molecule has 3 N–H and O–H groups in total. The molecule has 2 aliphatic rings. The molecule has 0 aliphatic carbocycles. The minimum absolute atomic E-state index is 0.235. The third-order valence-corrected chi connectivity index (χ3v) is 5.45. The monoisotopic (exact) mass is 395 g/mol. The molecule has 2 aromatic rings. The van der Waals surface area contributed by atoms with Crippen LogP contribution in [0.15, 0.2) is 18.2 Å². The van der Waals surface area contributed by atoms with Crippen molar-refractivity contribution in [1.29, 1.82) is 0 Å². The number of H-pyrrole nitrogens is 1. The topological polar surface area (TPSA) is 94.1 Å². The molecule has 4 rings (SSSR count). The number of aromatic nitrogens is 3. The Bertz CT molecular complexity index is 905. The zero-order chi connectivity index (χ0) is 20.1. The Kier molecular flexibility index (Phi) is 4.33. The van der Waals surface area contributed by atoms with Gasteiger partial charge in [0.2, 0.25) is 5.91 Å². The van der Waals surface area contributed by atoms with Crippen LogP contribution in [0.4, 0.5) is 24.8 Å². The average Bonchev–Trinajstić information content (AvgIpc) is 3.05. The number of fused-ring (bicyclic) bond motifs is 1. The third kappa shape index (κ3) is 3.01. The van der Waals surface area contributed by atoms with Crippen molar-refractivity contribution in [1.82, 2.24) is 15.2 Å². The van der Waals surface area contributed by atoms with E-state index in [0.717, 1.165) is 11.5 Å². The molecule has 10 heteroatoms. The van der Waals surface area contributed by atoms with E-state index in [0.29, 0.717) is 25.9 Å². The predicted octanol–water partition coefficient (Wildman–Crippen LogP) is 2.59. The number of nitrogens with zero attached hydrogens (tertiary/aromatic N) is 3. The van der Waals surface area contributed by atoms with Gasteiger partial charge < -0.3 is 15.3 Å². The van der Waals surface area contributed by atoms with Gasteiger partial charge in [-0.3, -0.25) is 9.89 Å². The number of anilines is 2. The van der Waals surface area contributed by atoms with Gasteiger partial charge in [0.25, 0.3) is 0 Å². The number of pyridine rings is 1. The molecule has 0 radical (unpaired) electrons. The van der Waals surface area contributed by atoms with Crippen LogP contribution < -0.4 is 10.2 Å². The number of amides is 1. The highest BCUT2D eigenvalue weighted by Crippen LogP contribution is 2.49. The number of aryl methyl sites for hydroxylation is 1. The van der Waals surface area contributed by atoms with E-state index in [1.807, 2.05) is 25.1 Å². The van der Waals surface area contributed by atoms with E-state index < -0.39 is 24.1 Å². The van der Waals surface area contributed by atoms with E-state index >= 15 is 0 Å². The number of hydrogen-bond donors (Lipinski definition) is 3. The van der Waals surface area contributed by atoms with Crippen LogP contribution in [0.1, 0.15) is 42.1 Å². The fraction of sp³-hybridized carbons (Fsp3) is 0.500. The minimum Gasteiger partial charge on any atom is -0.376 e. The molecule has 0 aromatic carbocycles. The van der Waals surface area contributed by atoms with Crippen LogP contribution in [0.25, 0.3) is 0 Å². The Morgan fingerprint density at radius 1 is 1.29 bits per heavy atom. The molecule has 0 saturated carbocycles. The molecule has 1 unspecified atom stereocenters. The number of aromatic amines is 1. The van der Waals surface area contributed by atoms with Crippen LogP contribution in [0.3, 0.4) is 0 Å². The summed E-state index contributed by atoms with van der Waals surface area (Å²) in [6.07, 6.45) is -4.90. The molecule has 1 atom stereocenters. The summed E-state index contributed by atoms with van der Waals surface area (Å²) in [5, 5.41) is 19.2. The van der Waals surface area contributed by atoms with Gasteiger partial charge in [-0.1, -0.05) is 6.07 Å². The molecule has 4 heterocycles. The second kappa shape index (κ2) is 6.47. The lowest BCUT2D eigenvalue weighted by Gasteiger charge is -2.37. The SMILES string of the molecule is Cc1cccc(N2CCC(c3[nH]nc4c3C(O)(C(F)(F)F)CC(=O)N4)CC2)n1. The van der Waals surface area contributed by atoms with Gasteiger partial charge in [0.15, 0.2) is 11.4 Å². The van der Waals surface area contributed by atoms with E-state index in [4.69, 9.17) is 0 Å². The van der Waals surface area contributed by atoms with Crippen LogP contribution >= 0.6 is 0 Å². The lowest BCUT2D eigenvalue weighted by atomic mass is 9.81. The Balaban J connectivity index is 1.60. The van der Waals surface area contributed by atoms with Crippen molar-refractivity contribution in [3.05, 3.63) is 35.2 Å². The number of halogens is 3. The molecule has 0 spiro atoms. The van der Waals surface area contributed by atoms with Gasteiger partial charge in [-0.2, -0.15) is 18.3 Å². The Morgan fingerprint density at radius 2 is 2.00 bits per heavy atom. The second-order valence-electron chi connectivity index (χ2n) is 7.34. The van der Waals surface area contributed by atoms with Gasteiger partial charge in [-0.15, -0.1) is 0 Å². The molecule has 0 bridgehead atoms. The highest BCUT2D eigenvalue weighted by Gasteiger charge is 2.61. The largest absolute Gasteiger partial charge is 0.422 e. The van der Waals surface area contributed by atoms with E-state index in [1.54, 1.807) is 0 Å². The number of piperidine rings is 1. The van der Waals surface area contributed by atoms with E-state index in [2.05, 4.69) is 25.4 Å². The number of rotatable bonds is 2. The number of aliphatic hydroxyl groups is 1. The molecule has 28 heavy (non-hydrogen) atoms. The summed E-state index contributed by atoms with van der Waals surface area (Å²) in [6.45, 7) is 3.14. The van der Waals surface area contributed by atoms with Gasteiger partial charge in [-0.05, 0) is 31.9 Å². The van der Waals surface area contributed by atoms with E-state index in [1.165, 1.54) is 0 Å². The van der Waals surface area contributed by atoms with Crippen LogP contribution in [0.2, 0.25) is 0 Å². The van der Waals surface area contributed by atoms with Crippen LogP contribution in [-0.2, 0) is 10.4 Å². The number of carbonyl (C=O) groups excluding carboxylic acids is 1. The standard InChI is InChI=1S/C18H20F3N5O2/c1-10-3-2-4-12(22-10)26-7-5-11(6-8-26)15-14-16(25-24-15)23-13(27)9-17(14,28)18(19,20)21/h2-4,11,28H,5-9H2,1H3,(H2,23,24,25,27). The maximum Gasteiger partial charge on any atom is 0.422 e. The van der Waals surface area contributed by atoms with Crippen molar-refractivity contribution in [2.75, 3.05) is 23.3 Å². The first kappa shape index (κ1) is 18.7. The molecular formula is C18H20F3N5O2. The van der Waals surface area contributed by atoms with Crippen LogP contribution in [-0.4, -0.2) is 45.5 Å². The highest BCUT2D eigenvalue weighted by molar-refractivity contribution is 5.94. The van der Waals surface area contributed by atoms with Crippen LogP contribution in [0.5, 0.6) is 0 Å².